The third kappa shape index (κ3) is 2.81. The van der Waals surface area contributed by atoms with Gasteiger partial charge >= 0.3 is 0 Å². The highest BCUT2D eigenvalue weighted by Gasteiger charge is 2.15. The van der Waals surface area contributed by atoms with Crippen LogP contribution in [0.5, 0.6) is 0 Å². The summed E-state index contributed by atoms with van der Waals surface area (Å²) in [7, 11) is 4.11. The number of benzene rings is 1. The van der Waals surface area contributed by atoms with Crippen molar-refractivity contribution in [3.8, 4) is 0 Å². The molecule has 1 N–H and O–H groups in total. The molecule has 0 radical (unpaired) electrons. The molecule has 1 aromatic heterocycles. The predicted molar refractivity (Wildman–Crippen MR) is 90.5 cm³/mol. The first-order valence-corrected chi connectivity index (χ1v) is 7.69. The fraction of sp³-hybridized carbons (Fsp3) is 0.471. The fourth-order valence-corrected chi connectivity index (χ4v) is 3.02. The summed E-state index contributed by atoms with van der Waals surface area (Å²) in [6.45, 7) is 6.44. The van der Waals surface area contributed by atoms with E-state index in [1.807, 2.05) is 6.20 Å². The Balaban J connectivity index is 2.13. The van der Waals surface area contributed by atoms with Crippen LogP contribution in [0, 0.1) is 6.92 Å². The van der Waals surface area contributed by atoms with Crippen molar-refractivity contribution in [1.29, 1.82) is 0 Å². The number of aromatic nitrogens is 1. The number of fused-ring (bicyclic) bond motifs is 1. The molecular formula is C17H24N4. The molecule has 0 saturated carbocycles. The van der Waals surface area contributed by atoms with E-state index < -0.39 is 0 Å². The van der Waals surface area contributed by atoms with Crippen LogP contribution in [-0.4, -0.2) is 45.3 Å². The molecule has 0 amide bonds. The number of nitrogens with zero attached hydrogens (tertiary/aromatic N) is 3. The van der Waals surface area contributed by atoms with Gasteiger partial charge in [0, 0.05) is 44.5 Å². The maximum Gasteiger partial charge on any atom is 0.136 e. The maximum atomic E-state index is 4.72. The molecule has 1 aliphatic rings. The summed E-state index contributed by atoms with van der Waals surface area (Å²) in [5.41, 5.74) is 2.54. The lowest BCUT2D eigenvalue weighted by Gasteiger charge is -2.25. The Hall–Kier alpha value is -1.81. The molecule has 0 unspecified atom stereocenters. The average molecular weight is 284 g/mol. The second-order valence-corrected chi connectivity index (χ2v) is 6.00. The van der Waals surface area contributed by atoms with Gasteiger partial charge in [-0.2, -0.15) is 0 Å². The first-order valence-electron chi connectivity index (χ1n) is 7.69. The normalized spacial score (nSPS) is 16.0. The van der Waals surface area contributed by atoms with Crippen LogP contribution in [0.4, 0.5) is 11.5 Å². The molecule has 2 heterocycles. The molecule has 0 bridgehead atoms. The van der Waals surface area contributed by atoms with E-state index in [4.69, 9.17) is 4.98 Å². The van der Waals surface area contributed by atoms with Crippen LogP contribution >= 0.6 is 0 Å². The molecular weight excluding hydrogens is 260 g/mol. The molecule has 21 heavy (non-hydrogen) atoms. The van der Waals surface area contributed by atoms with Gasteiger partial charge in [-0.05, 0) is 26.0 Å². The standard InChI is InChI=1S/C17H24N4/c1-13-5-6-14-15(11-13)17(20(2)3)19-12-16(14)21-9-4-7-18-8-10-21/h5-6,11-12,18H,4,7-10H2,1-3H3. The van der Waals surface area contributed by atoms with Gasteiger partial charge in [0.1, 0.15) is 5.82 Å². The monoisotopic (exact) mass is 284 g/mol. The van der Waals surface area contributed by atoms with Gasteiger partial charge in [0.05, 0.1) is 11.9 Å². The minimum Gasteiger partial charge on any atom is -0.368 e. The van der Waals surface area contributed by atoms with Crippen LogP contribution in [-0.2, 0) is 0 Å². The van der Waals surface area contributed by atoms with Crippen molar-refractivity contribution < 1.29 is 0 Å². The molecule has 4 heteroatoms. The van der Waals surface area contributed by atoms with E-state index in [1.54, 1.807) is 0 Å². The summed E-state index contributed by atoms with van der Waals surface area (Å²) in [4.78, 5) is 9.27. The zero-order chi connectivity index (χ0) is 14.8. The summed E-state index contributed by atoms with van der Waals surface area (Å²) in [6, 6.07) is 6.69. The van der Waals surface area contributed by atoms with Crippen LogP contribution in [0.15, 0.2) is 24.4 Å². The highest BCUT2D eigenvalue weighted by molar-refractivity contribution is 6.00. The number of aryl methyl sites for hydroxylation is 1. The summed E-state index contributed by atoms with van der Waals surface area (Å²) in [5, 5.41) is 6.02. The minimum atomic E-state index is 1.04. The van der Waals surface area contributed by atoms with E-state index in [0.717, 1.165) is 32.0 Å². The van der Waals surface area contributed by atoms with Gasteiger partial charge in [-0.3, -0.25) is 0 Å². The van der Waals surface area contributed by atoms with Crippen molar-refractivity contribution >= 4 is 22.3 Å². The van der Waals surface area contributed by atoms with Crippen molar-refractivity contribution in [3.63, 3.8) is 0 Å². The second-order valence-electron chi connectivity index (χ2n) is 6.00. The smallest absolute Gasteiger partial charge is 0.136 e. The average Bonchev–Trinajstić information content (AvgIpc) is 2.74. The van der Waals surface area contributed by atoms with E-state index in [9.17, 15) is 0 Å². The summed E-state index contributed by atoms with van der Waals surface area (Å²) in [6.07, 6.45) is 3.22. The molecule has 0 atom stereocenters. The van der Waals surface area contributed by atoms with Crippen LogP contribution in [0.2, 0.25) is 0 Å². The molecule has 1 aliphatic heterocycles. The van der Waals surface area contributed by atoms with Gasteiger partial charge in [-0.1, -0.05) is 17.7 Å². The van der Waals surface area contributed by atoms with Gasteiger partial charge < -0.3 is 15.1 Å². The molecule has 1 fully saturated rings. The highest BCUT2D eigenvalue weighted by Crippen LogP contribution is 2.32. The van der Waals surface area contributed by atoms with E-state index in [1.165, 1.54) is 28.4 Å². The van der Waals surface area contributed by atoms with Crippen LogP contribution in [0.25, 0.3) is 10.8 Å². The van der Waals surface area contributed by atoms with Gasteiger partial charge in [0.15, 0.2) is 0 Å². The molecule has 0 spiro atoms. The first-order chi connectivity index (χ1) is 10.2. The fourth-order valence-electron chi connectivity index (χ4n) is 3.02. The summed E-state index contributed by atoms with van der Waals surface area (Å²) in [5.74, 6) is 1.05. The number of hydrogen-bond donors (Lipinski definition) is 1. The van der Waals surface area contributed by atoms with Crippen molar-refractivity contribution in [2.75, 3.05) is 50.1 Å². The molecule has 3 rings (SSSR count). The van der Waals surface area contributed by atoms with E-state index in [-0.39, 0.29) is 0 Å². The lowest BCUT2D eigenvalue weighted by Crippen LogP contribution is -2.28. The van der Waals surface area contributed by atoms with Crippen molar-refractivity contribution in [2.45, 2.75) is 13.3 Å². The number of hydrogen-bond acceptors (Lipinski definition) is 4. The Labute approximate surface area is 126 Å². The van der Waals surface area contributed by atoms with Gasteiger partial charge in [-0.25, -0.2) is 4.98 Å². The Morgan fingerprint density at radius 3 is 2.81 bits per heavy atom. The van der Waals surface area contributed by atoms with Crippen molar-refractivity contribution in [2.24, 2.45) is 0 Å². The third-order valence-electron chi connectivity index (χ3n) is 4.11. The van der Waals surface area contributed by atoms with Crippen LogP contribution < -0.4 is 15.1 Å². The zero-order valence-corrected chi connectivity index (χ0v) is 13.2. The number of pyridine rings is 1. The highest BCUT2D eigenvalue weighted by atomic mass is 15.2. The Bertz CT molecular complexity index is 628. The molecule has 1 aromatic carbocycles. The topological polar surface area (TPSA) is 31.4 Å². The first kappa shape index (κ1) is 14.1. The molecule has 4 nitrogen and oxygen atoms in total. The third-order valence-corrected chi connectivity index (χ3v) is 4.11. The second kappa shape index (κ2) is 5.90. The maximum absolute atomic E-state index is 4.72. The van der Waals surface area contributed by atoms with Crippen molar-refractivity contribution in [3.05, 3.63) is 30.0 Å². The Morgan fingerprint density at radius 1 is 1.14 bits per heavy atom. The van der Waals surface area contributed by atoms with Gasteiger partial charge in [0.2, 0.25) is 0 Å². The summed E-state index contributed by atoms with van der Waals surface area (Å²) < 4.78 is 0. The van der Waals surface area contributed by atoms with Crippen LogP contribution in [0.3, 0.4) is 0 Å². The minimum absolute atomic E-state index is 1.04. The molecule has 0 aliphatic carbocycles. The van der Waals surface area contributed by atoms with Gasteiger partial charge in [0.25, 0.3) is 0 Å². The molecule has 112 valence electrons. The van der Waals surface area contributed by atoms with E-state index in [2.05, 4.69) is 54.3 Å². The number of anilines is 2. The largest absolute Gasteiger partial charge is 0.368 e. The van der Waals surface area contributed by atoms with E-state index in [0.29, 0.717) is 0 Å². The quantitative estimate of drug-likeness (QED) is 0.917. The Morgan fingerprint density at radius 2 is 2.00 bits per heavy atom. The predicted octanol–water partition coefficient (Wildman–Crippen LogP) is 2.41. The SMILES string of the molecule is Cc1ccc2c(N3CCCNCC3)cnc(N(C)C)c2c1. The number of rotatable bonds is 2. The van der Waals surface area contributed by atoms with Gasteiger partial charge in [-0.15, -0.1) is 0 Å². The lowest BCUT2D eigenvalue weighted by molar-refractivity contribution is 0.724. The zero-order valence-electron chi connectivity index (χ0n) is 13.2. The van der Waals surface area contributed by atoms with Crippen LogP contribution in [0.1, 0.15) is 12.0 Å². The summed E-state index contributed by atoms with van der Waals surface area (Å²) >= 11 is 0. The lowest BCUT2D eigenvalue weighted by atomic mass is 10.1. The number of nitrogens with one attached hydrogen (secondary N) is 1. The Kier molecular flexibility index (Phi) is 3.97. The molecule has 1 saturated heterocycles. The molecule has 2 aromatic rings. The van der Waals surface area contributed by atoms with Crippen molar-refractivity contribution in [1.82, 2.24) is 10.3 Å². The van der Waals surface area contributed by atoms with E-state index >= 15 is 0 Å².